The zero-order valence-corrected chi connectivity index (χ0v) is 9.09. The summed E-state index contributed by atoms with van der Waals surface area (Å²) < 4.78 is 5.73. The summed E-state index contributed by atoms with van der Waals surface area (Å²) >= 11 is 0. The molecule has 0 saturated heterocycles. The Morgan fingerprint density at radius 1 is 0.882 bits per heavy atom. The van der Waals surface area contributed by atoms with Crippen molar-refractivity contribution in [3.8, 4) is 11.3 Å². The summed E-state index contributed by atoms with van der Waals surface area (Å²) in [6.45, 7) is 0. The van der Waals surface area contributed by atoms with E-state index in [0.717, 1.165) is 5.56 Å². The van der Waals surface area contributed by atoms with Gasteiger partial charge in [-0.1, -0.05) is 42.5 Å². The fourth-order valence-electron chi connectivity index (χ4n) is 1.85. The van der Waals surface area contributed by atoms with Crippen LogP contribution in [0.3, 0.4) is 0 Å². The van der Waals surface area contributed by atoms with Crippen molar-refractivity contribution in [1.29, 1.82) is 0 Å². The van der Waals surface area contributed by atoms with E-state index in [4.69, 9.17) is 4.42 Å². The van der Waals surface area contributed by atoms with E-state index in [1.54, 1.807) is 6.07 Å². The molecular weight excluding hydrogens is 212 g/mol. The van der Waals surface area contributed by atoms with E-state index in [-0.39, 0.29) is 11.1 Å². The molecular formula is C15H14O2+4. The van der Waals surface area contributed by atoms with Crippen molar-refractivity contribution in [3.63, 3.8) is 0 Å². The van der Waals surface area contributed by atoms with Crippen molar-refractivity contribution in [1.82, 2.24) is 0 Å². The van der Waals surface area contributed by atoms with E-state index >= 15 is 0 Å². The van der Waals surface area contributed by atoms with Gasteiger partial charge in [0.2, 0.25) is 0 Å². The molecule has 2 nitrogen and oxygen atoms in total. The fraction of sp³-hybridized carbons (Fsp3) is 0. The molecule has 0 atom stereocenters. The van der Waals surface area contributed by atoms with Crippen LogP contribution in [-0.2, 0) is 0 Å². The Morgan fingerprint density at radius 2 is 1.59 bits per heavy atom. The van der Waals surface area contributed by atoms with Gasteiger partial charge in [-0.05, 0) is 12.1 Å². The first-order chi connectivity index (χ1) is 8.34. The number of hydrogen-bond donors (Lipinski definition) is 0. The molecule has 0 aliphatic heterocycles. The highest BCUT2D eigenvalue weighted by Crippen LogP contribution is 2.21. The van der Waals surface area contributed by atoms with Gasteiger partial charge in [0.25, 0.3) is 0 Å². The van der Waals surface area contributed by atoms with E-state index in [2.05, 4.69) is 0 Å². The molecule has 0 amide bonds. The highest BCUT2D eigenvalue weighted by molar-refractivity contribution is 5.78. The molecule has 3 aromatic rings. The zero-order chi connectivity index (χ0) is 11.7. The van der Waals surface area contributed by atoms with Gasteiger partial charge in [-0.15, -0.1) is 0 Å². The predicted molar refractivity (Wildman–Crippen MR) is 72.4 cm³/mol. The molecule has 17 heavy (non-hydrogen) atoms. The topological polar surface area (TPSA) is 30.2 Å². The lowest BCUT2D eigenvalue weighted by molar-refractivity contribution is 0.619. The average Bonchev–Trinajstić information content (AvgIpc) is 2.40. The summed E-state index contributed by atoms with van der Waals surface area (Å²) in [4.78, 5) is 11.9. The lowest BCUT2D eigenvalue weighted by Crippen LogP contribution is -1.99. The van der Waals surface area contributed by atoms with Gasteiger partial charge in [0, 0.05) is 11.6 Å². The summed E-state index contributed by atoms with van der Waals surface area (Å²) in [6.07, 6.45) is 0. The second kappa shape index (κ2) is 3.91. The Bertz CT molecular complexity index is 726. The van der Waals surface area contributed by atoms with Gasteiger partial charge >= 0.3 is 5.71 Å². The Morgan fingerprint density at radius 3 is 2.41 bits per heavy atom. The molecule has 0 N–H and O–H groups in total. The molecule has 0 saturated carbocycles. The van der Waals surface area contributed by atoms with E-state index in [1.165, 1.54) is 6.07 Å². The lowest BCUT2D eigenvalue weighted by atomic mass is 10.1. The number of fused-ring (bicyclic) bond motifs is 1. The number of hydrogen-bond acceptors (Lipinski definition) is 2. The normalized spacial score (nSPS) is 10.6. The van der Waals surface area contributed by atoms with Crippen LogP contribution < -0.4 is 5.43 Å². The van der Waals surface area contributed by atoms with Gasteiger partial charge < -0.3 is 4.42 Å². The molecule has 1 heterocycles. The van der Waals surface area contributed by atoms with Crippen LogP contribution >= 0.6 is 0 Å². The highest BCUT2D eigenvalue weighted by Gasteiger charge is 2.05. The Labute approximate surface area is 104 Å². The molecule has 3 rings (SSSR count). The number of rotatable bonds is 1. The standard InChI is InChI=1S/C15H10O2/c16-13-10-15(11-6-2-1-3-7-11)17-14-9-5-4-8-12(13)14/h1-10H/p+4. The second-order valence-electron chi connectivity index (χ2n) is 3.84. The Hall–Kier alpha value is -2.35. The van der Waals surface area contributed by atoms with Crippen molar-refractivity contribution in [2.24, 2.45) is 0 Å². The first-order valence-electron chi connectivity index (χ1n) is 5.43. The van der Waals surface area contributed by atoms with Crippen LogP contribution in [0.5, 0.6) is 0 Å². The highest BCUT2D eigenvalue weighted by atomic mass is 16.3. The molecule has 0 aliphatic rings. The summed E-state index contributed by atoms with van der Waals surface area (Å²) in [5, 5.41) is 0.618. The minimum atomic E-state index is -0.00861. The summed E-state index contributed by atoms with van der Waals surface area (Å²) in [5.41, 5.74) is 1.53. The Kier molecular flexibility index (Phi) is 2.26. The van der Waals surface area contributed by atoms with Crippen LogP contribution in [-0.4, -0.2) is 0 Å². The van der Waals surface area contributed by atoms with Crippen molar-refractivity contribution in [2.75, 3.05) is 0 Å². The van der Waals surface area contributed by atoms with Gasteiger partial charge in [0.15, 0.2) is 5.43 Å². The maximum absolute atomic E-state index is 11.9. The molecule has 82 valence electrons. The van der Waals surface area contributed by atoms with Crippen molar-refractivity contribution >= 4 is 11.0 Å². The smallest absolute Gasteiger partial charge is 0.456 e. The van der Waals surface area contributed by atoms with Crippen LogP contribution in [0.2, 0.25) is 0 Å². The Balaban J connectivity index is 0. The molecule has 0 bridgehead atoms. The van der Waals surface area contributed by atoms with Crippen LogP contribution in [0.25, 0.3) is 22.3 Å². The van der Waals surface area contributed by atoms with Crippen LogP contribution in [0.15, 0.2) is 69.9 Å². The van der Waals surface area contributed by atoms with Gasteiger partial charge in [0.05, 0.1) is 5.39 Å². The minimum absolute atomic E-state index is 0. The largest absolute Gasteiger partial charge is 1.00 e. The van der Waals surface area contributed by atoms with Crippen LogP contribution in [0.1, 0.15) is 5.71 Å². The molecule has 0 aliphatic carbocycles. The van der Waals surface area contributed by atoms with E-state index in [9.17, 15) is 4.79 Å². The van der Waals surface area contributed by atoms with Gasteiger partial charge in [-0.2, -0.15) is 0 Å². The number of para-hydroxylation sites is 1. The van der Waals surface area contributed by atoms with Crippen LogP contribution in [0, 0.1) is 0 Å². The number of benzene rings is 2. The predicted octanol–water partition coefficient (Wildman–Crippen LogP) is 3.91. The molecule has 0 spiro atoms. The molecule has 2 aromatic carbocycles. The maximum Gasteiger partial charge on any atom is 1.00 e. The lowest BCUT2D eigenvalue weighted by Gasteiger charge is -2.02. The van der Waals surface area contributed by atoms with E-state index in [0.29, 0.717) is 16.7 Å². The molecule has 1 aromatic heterocycles. The average molecular weight is 226 g/mol. The van der Waals surface area contributed by atoms with Crippen molar-refractivity contribution in [3.05, 3.63) is 70.9 Å². The SMILES string of the molecule is O=c1cc(-c2ccccc2)oc2ccccc12.[H+].[H+].[H+].[H+]. The van der Waals surface area contributed by atoms with Crippen molar-refractivity contribution in [2.45, 2.75) is 0 Å². The molecule has 2 heteroatoms. The second-order valence-corrected chi connectivity index (χ2v) is 3.84. The van der Waals surface area contributed by atoms with Crippen molar-refractivity contribution < 1.29 is 10.1 Å². The molecule has 0 radical (unpaired) electrons. The minimum Gasteiger partial charge on any atom is -0.456 e. The monoisotopic (exact) mass is 226 g/mol. The molecule has 0 fully saturated rings. The maximum atomic E-state index is 11.9. The third kappa shape index (κ3) is 1.74. The third-order valence-corrected chi connectivity index (χ3v) is 2.69. The summed E-state index contributed by atoms with van der Waals surface area (Å²) in [5.74, 6) is 0.606. The summed E-state index contributed by atoms with van der Waals surface area (Å²) in [7, 11) is 0. The van der Waals surface area contributed by atoms with Gasteiger partial charge in [-0.3, -0.25) is 4.79 Å². The third-order valence-electron chi connectivity index (χ3n) is 2.69. The first kappa shape index (κ1) is 9.85. The molecule has 0 unspecified atom stereocenters. The summed E-state index contributed by atoms with van der Waals surface area (Å²) in [6, 6.07) is 18.4. The van der Waals surface area contributed by atoms with Gasteiger partial charge in [0.1, 0.15) is 11.3 Å². The fourth-order valence-corrected chi connectivity index (χ4v) is 1.85. The zero-order valence-electron chi connectivity index (χ0n) is 13.1. The van der Waals surface area contributed by atoms with E-state index in [1.807, 2.05) is 48.5 Å². The van der Waals surface area contributed by atoms with Gasteiger partial charge in [-0.25, -0.2) is 0 Å². The van der Waals surface area contributed by atoms with E-state index < -0.39 is 0 Å². The van der Waals surface area contributed by atoms with Crippen LogP contribution in [0.4, 0.5) is 0 Å². The quantitative estimate of drug-likeness (QED) is 0.629. The first-order valence-corrected chi connectivity index (χ1v) is 5.43.